The normalized spacial score (nSPS) is 16.9. The van der Waals surface area contributed by atoms with Gasteiger partial charge in [-0.25, -0.2) is 9.97 Å². The molecule has 1 fully saturated rings. The van der Waals surface area contributed by atoms with Crippen LogP contribution in [0.25, 0.3) is 5.82 Å². The molecule has 3 heterocycles. The van der Waals surface area contributed by atoms with Crippen LogP contribution in [0.2, 0.25) is 0 Å². The lowest BCUT2D eigenvalue weighted by molar-refractivity contribution is -0.132. The van der Waals surface area contributed by atoms with E-state index in [9.17, 15) is 4.79 Å². The Labute approximate surface area is 165 Å². The summed E-state index contributed by atoms with van der Waals surface area (Å²) in [5, 5.41) is 0. The summed E-state index contributed by atoms with van der Waals surface area (Å²) in [6.07, 6.45) is 10.5. The van der Waals surface area contributed by atoms with Crippen LogP contribution in [0, 0.1) is 6.92 Å². The number of benzene rings is 1. The third-order valence-electron chi connectivity index (χ3n) is 5.39. The molecule has 1 amide bonds. The number of amides is 1. The van der Waals surface area contributed by atoms with Gasteiger partial charge in [0.25, 0.3) is 0 Å². The summed E-state index contributed by atoms with van der Waals surface area (Å²) in [5.41, 5.74) is 2.15. The molecule has 1 atom stereocenters. The van der Waals surface area contributed by atoms with E-state index in [1.54, 1.807) is 18.6 Å². The number of carbonyl (C=O) groups excluding carboxylic acids is 1. The lowest BCUT2D eigenvalue weighted by atomic mass is 9.93. The lowest BCUT2D eigenvalue weighted by Gasteiger charge is -2.33. The number of piperidine rings is 1. The van der Waals surface area contributed by atoms with E-state index in [2.05, 4.69) is 27.1 Å². The first kappa shape index (κ1) is 18.3. The number of hydrogen-bond acceptors (Lipinski definition) is 4. The highest BCUT2D eigenvalue weighted by Gasteiger charge is 2.28. The van der Waals surface area contributed by atoms with Gasteiger partial charge in [0.1, 0.15) is 5.82 Å². The van der Waals surface area contributed by atoms with E-state index in [4.69, 9.17) is 0 Å². The molecule has 0 bridgehead atoms. The van der Waals surface area contributed by atoms with Crippen LogP contribution in [0.15, 0.2) is 55.1 Å². The summed E-state index contributed by atoms with van der Waals surface area (Å²) < 4.78 is 1.97. The van der Waals surface area contributed by atoms with E-state index in [1.807, 2.05) is 40.8 Å². The van der Waals surface area contributed by atoms with Gasteiger partial charge in [0.15, 0.2) is 5.82 Å². The second-order valence-electron chi connectivity index (χ2n) is 7.27. The Kier molecular flexibility index (Phi) is 5.46. The van der Waals surface area contributed by atoms with E-state index in [1.165, 1.54) is 5.56 Å². The van der Waals surface area contributed by atoms with Crippen LogP contribution >= 0.6 is 0 Å². The Morgan fingerprint density at radius 1 is 1.11 bits per heavy atom. The Balaban J connectivity index is 1.47. The number of rotatable bonds is 5. The van der Waals surface area contributed by atoms with Crippen molar-refractivity contribution in [3.8, 4) is 5.82 Å². The van der Waals surface area contributed by atoms with Gasteiger partial charge >= 0.3 is 0 Å². The fourth-order valence-electron chi connectivity index (χ4n) is 3.90. The first-order valence-corrected chi connectivity index (χ1v) is 9.85. The fourth-order valence-corrected chi connectivity index (χ4v) is 3.90. The van der Waals surface area contributed by atoms with Gasteiger partial charge in [-0.3, -0.25) is 14.3 Å². The van der Waals surface area contributed by atoms with Crippen molar-refractivity contribution in [1.82, 2.24) is 24.4 Å². The molecule has 1 aliphatic heterocycles. The van der Waals surface area contributed by atoms with Crippen molar-refractivity contribution in [2.45, 2.75) is 38.5 Å². The summed E-state index contributed by atoms with van der Waals surface area (Å²) in [6, 6.07) is 10.2. The second kappa shape index (κ2) is 8.33. The van der Waals surface area contributed by atoms with E-state index < -0.39 is 0 Å². The quantitative estimate of drug-likeness (QED) is 0.686. The maximum absolute atomic E-state index is 12.8. The average molecular weight is 375 g/mol. The molecule has 1 aliphatic rings. The SMILES string of the molecule is Cc1nccn1-c1nccnc1[C@H]1CCCN(C(=O)CCc2ccccc2)C1. The van der Waals surface area contributed by atoms with Gasteiger partial charge in [-0.15, -0.1) is 0 Å². The van der Waals surface area contributed by atoms with Crippen LogP contribution in [0.1, 0.15) is 42.3 Å². The zero-order chi connectivity index (χ0) is 19.3. The minimum atomic E-state index is 0.194. The summed E-state index contributed by atoms with van der Waals surface area (Å²) in [4.78, 5) is 28.3. The first-order chi connectivity index (χ1) is 13.7. The highest BCUT2D eigenvalue weighted by molar-refractivity contribution is 5.76. The number of imidazole rings is 1. The largest absolute Gasteiger partial charge is 0.342 e. The summed E-state index contributed by atoms with van der Waals surface area (Å²) in [7, 11) is 0. The highest BCUT2D eigenvalue weighted by atomic mass is 16.2. The molecule has 0 radical (unpaired) electrons. The van der Waals surface area contributed by atoms with Crippen molar-refractivity contribution in [3.63, 3.8) is 0 Å². The maximum atomic E-state index is 12.8. The van der Waals surface area contributed by atoms with Gasteiger partial charge in [0.2, 0.25) is 5.91 Å². The molecule has 0 unspecified atom stereocenters. The second-order valence-corrected chi connectivity index (χ2v) is 7.27. The van der Waals surface area contributed by atoms with Crippen molar-refractivity contribution in [1.29, 1.82) is 0 Å². The molecule has 6 nitrogen and oxygen atoms in total. The summed E-state index contributed by atoms with van der Waals surface area (Å²) >= 11 is 0. The van der Waals surface area contributed by atoms with Crippen LogP contribution in [-0.2, 0) is 11.2 Å². The van der Waals surface area contributed by atoms with Gasteiger partial charge < -0.3 is 4.90 Å². The van der Waals surface area contributed by atoms with Gasteiger partial charge in [-0.2, -0.15) is 0 Å². The van der Waals surface area contributed by atoms with Crippen molar-refractivity contribution in [2.75, 3.05) is 13.1 Å². The Bertz CT molecular complexity index is 937. The third-order valence-corrected chi connectivity index (χ3v) is 5.39. The van der Waals surface area contributed by atoms with E-state index in [0.717, 1.165) is 43.1 Å². The number of carbonyl (C=O) groups is 1. The molecule has 0 aliphatic carbocycles. The first-order valence-electron chi connectivity index (χ1n) is 9.85. The predicted molar refractivity (Wildman–Crippen MR) is 107 cm³/mol. The summed E-state index contributed by atoms with van der Waals surface area (Å²) in [5.74, 6) is 2.12. The molecule has 1 saturated heterocycles. The molecule has 4 rings (SSSR count). The molecule has 2 aromatic heterocycles. The molecular formula is C22H25N5O. The Morgan fingerprint density at radius 2 is 1.93 bits per heavy atom. The average Bonchev–Trinajstić information content (AvgIpc) is 3.18. The topological polar surface area (TPSA) is 63.9 Å². The minimum absolute atomic E-state index is 0.194. The van der Waals surface area contributed by atoms with Gasteiger partial charge in [0.05, 0.1) is 5.69 Å². The van der Waals surface area contributed by atoms with Crippen LogP contribution in [0.5, 0.6) is 0 Å². The van der Waals surface area contributed by atoms with Crippen molar-refractivity contribution >= 4 is 5.91 Å². The highest BCUT2D eigenvalue weighted by Crippen LogP contribution is 2.29. The van der Waals surface area contributed by atoms with Crippen molar-refractivity contribution < 1.29 is 4.79 Å². The van der Waals surface area contributed by atoms with Gasteiger partial charge in [-0.05, 0) is 31.7 Å². The molecule has 0 saturated carbocycles. The van der Waals surface area contributed by atoms with Crippen LogP contribution < -0.4 is 0 Å². The van der Waals surface area contributed by atoms with Crippen LogP contribution in [-0.4, -0.2) is 43.4 Å². The number of hydrogen-bond donors (Lipinski definition) is 0. The maximum Gasteiger partial charge on any atom is 0.222 e. The zero-order valence-corrected chi connectivity index (χ0v) is 16.2. The number of aromatic nitrogens is 4. The summed E-state index contributed by atoms with van der Waals surface area (Å²) in [6.45, 7) is 3.48. The minimum Gasteiger partial charge on any atom is -0.342 e. The number of likely N-dealkylation sites (tertiary alicyclic amines) is 1. The molecule has 3 aromatic rings. The smallest absolute Gasteiger partial charge is 0.222 e. The fraction of sp³-hybridized carbons (Fsp3) is 0.364. The van der Waals surface area contributed by atoms with Crippen molar-refractivity contribution in [2.24, 2.45) is 0 Å². The molecular weight excluding hydrogens is 350 g/mol. The molecule has 0 N–H and O–H groups in total. The molecule has 144 valence electrons. The molecule has 0 spiro atoms. The van der Waals surface area contributed by atoms with E-state index in [0.29, 0.717) is 13.0 Å². The zero-order valence-electron chi connectivity index (χ0n) is 16.2. The van der Waals surface area contributed by atoms with E-state index >= 15 is 0 Å². The number of aryl methyl sites for hydroxylation is 2. The standard InChI is InChI=1S/C22H25N5O/c1-17-23-13-15-27(17)22-21(24-11-12-25-22)19-8-5-14-26(16-19)20(28)10-9-18-6-3-2-4-7-18/h2-4,6-7,11-13,15,19H,5,8-10,14,16H2,1H3/t19-/m0/s1. The van der Waals surface area contributed by atoms with Gasteiger partial charge in [0, 0.05) is 50.2 Å². The third kappa shape index (κ3) is 3.96. The predicted octanol–water partition coefficient (Wildman–Crippen LogP) is 3.31. The van der Waals surface area contributed by atoms with Crippen LogP contribution in [0.3, 0.4) is 0 Å². The van der Waals surface area contributed by atoms with Crippen molar-refractivity contribution in [3.05, 3.63) is 72.2 Å². The number of nitrogens with zero attached hydrogens (tertiary/aromatic N) is 5. The lowest BCUT2D eigenvalue weighted by Crippen LogP contribution is -2.39. The van der Waals surface area contributed by atoms with Gasteiger partial charge in [-0.1, -0.05) is 30.3 Å². The van der Waals surface area contributed by atoms with E-state index in [-0.39, 0.29) is 11.8 Å². The Morgan fingerprint density at radius 3 is 2.71 bits per heavy atom. The molecule has 6 heteroatoms. The molecule has 1 aromatic carbocycles. The monoisotopic (exact) mass is 375 g/mol. The Hall–Kier alpha value is -3.02. The van der Waals surface area contributed by atoms with Crippen LogP contribution in [0.4, 0.5) is 0 Å². The molecule has 28 heavy (non-hydrogen) atoms.